The van der Waals surface area contributed by atoms with E-state index in [0.29, 0.717) is 31.7 Å². The molecule has 0 atom stereocenters. The summed E-state index contributed by atoms with van der Waals surface area (Å²) in [5.74, 6) is 0. The van der Waals surface area contributed by atoms with Gasteiger partial charge in [0, 0.05) is 38.4 Å². The van der Waals surface area contributed by atoms with Crippen molar-refractivity contribution in [3.05, 3.63) is 38.3 Å². The third-order valence-corrected chi connectivity index (χ3v) is 2.97. The second-order valence-electron chi connectivity index (χ2n) is 4.52. The summed E-state index contributed by atoms with van der Waals surface area (Å²) < 4.78 is 13.9. The Morgan fingerprint density at radius 2 is 2.17 bits per heavy atom. The maximum absolute atomic E-state index is 12.6. The van der Waals surface area contributed by atoms with E-state index in [4.69, 9.17) is 0 Å². The van der Waals surface area contributed by atoms with Crippen LogP contribution in [0.4, 0.5) is 10.1 Å². The molecule has 1 aliphatic heterocycles. The first-order valence-corrected chi connectivity index (χ1v) is 5.69. The zero-order valence-corrected chi connectivity index (χ0v) is 10.0. The lowest BCUT2D eigenvalue weighted by atomic mass is 10.2. The Hall–Kier alpha value is -1.76. The van der Waals surface area contributed by atoms with E-state index in [1.807, 2.05) is 4.90 Å². The fourth-order valence-corrected chi connectivity index (χ4v) is 2.00. The molecule has 2 rings (SSSR count). The monoisotopic (exact) mass is 255 g/mol. The van der Waals surface area contributed by atoms with Crippen LogP contribution in [0.2, 0.25) is 0 Å². The number of pyridine rings is 1. The molecule has 98 valence electrons. The fraction of sp³-hybridized carbons (Fsp3) is 0.545. The number of likely N-dealkylation sites (tertiary alicyclic amines) is 1. The van der Waals surface area contributed by atoms with Gasteiger partial charge in [0.15, 0.2) is 0 Å². The summed E-state index contributed by atoms with van der Waals surface area (Å²) in [6.07, 6.45) is 0.802. The summed E-state index contributed by atoms with van der Waals surface area (Å²) in [4.78, 5) is 23.7. The van der Waals surface area contributed by atoms with Gasteiger partial charge in [0.2, 0.25) is 0 Å². The van der Waals surface area contributed by atoms with E-state index in [1.165, 1.54) is 10.6 Å². The van der Waals surface area contributed by atoms with Crippen molar-refractivity contribution >= 4 is 5.69 Å². The number of hydrogen-bond donors (Lipinski definition) is 0. The quantitative estimate of drug-likeness (QED) is 0.587. The van der Waals surface area contributed by atoms with Crippen LogP contribution in [0.1, 0.15) is 5.56 Å². The molecule has 1 fully saturated rings. The van der Waals surface area contributed by atoms with Gasteiger partial charge in [-0.2, -0.15) is 0 Å². The van der Waals surface area contributed by atoms with Crippen LogP contribution in [-0.4, -0.2) is 40.2 Å². The Morgan fingerprint density at radius 1 is 1.50 bits per heavy atom. The Labute approximate surface area is 103 Å². The van der Waals surface area contributed by atoms with Gasteiger partial charge in [-0.1, -0.05) is 0 Å². The predicted octanol–water partition coefficient (Wildman–Crippen LogP) is 0.719. The summed E-state index contributed by atoms with van der Waals surface area (Å²) in [6, 6.07) is 1.26. The van der Waals surface area contributed by atoms with Gasteiger partial charge >= 0.3 is 11.2 Å². The molecule has 6 nitrogen and oxygen atoms in total. The summed E-state index contributed by atoms with van der Waals surface area (Å²) in [5.41, 5.74) is -0.363. The van der Waals surface area contributed by atoms with Crippen LogP contribution in [0.25, 0.3) is 0 Å². The number of aryl methyl sites for hydroxylation is 1. The van der Waals surface area contributed by atoms with E-state index < -0.39 is 22.3 Å². The highest BCUT2D eigenvalue weighted by atomic mass is 19.1. The molecule has 0 saturated carbocycles. The van der Waals surface area contributed by atoms with Gasteiger partial charge in [-0.25, -0.2) is 4.39 Å². The van der Waals surface area contributed by atoms with Gasteiger partial charge in [0.1, 0.15) is 6.17 Å². The maximum atomic E-state index is 12.6. The first-order chi connectivity index (χ1) is 8.47. The van der Waals surface area contributed by atoms with Crippen molar-refractivity contribution in [1.29, 1.82) is 0 Å². The van der Waals surface area contributed by atoms with Crippen LogP contribution in [0.3, 0.4) is 0 Å². The zero-order valence-electron chi connectivity index (χ0n) is 10.0. The molecule has 0 N–H and O–H groups in total. The van der Waals surface area contributed by atoms with E-state index in [2.05, 4.69) is 0 Å². The SMILES string of the molecule is Cc1cc([N+](=O)[O-])c(=O)n(CCN2CC(F)C2)c1. The second kappa shape index (κ2) is 4.85. The molecule has 0 spiro atoms. The molecular formula is C11H14FN3O3. The maximum Gasteiger partial charge on any atom is 0.334 e. The Balaban J connectivity index is 2.12. The molecule has 1 saturated heterocycles. The molecular weight excluding hydrogens is 241 g/mol. The number of alkyl halides is 1. The van der Waals surface area contributed by atoms with Crippen molar-refractivity contribution in [2.24, 2.45) is 0 Å². The van der Waals surface area contributed by atoms with Crippen molar-refractivity contribution in [1.82, 2.24) is 9.47 Å². The molecule has 18 heavy (non-hydrogen) atoms. The number of nitrogens with zero attached hydrogens (tertiary/aromatic N) is 3. The molecule has 1 aromatic heterocycles. The average molecular weight is 255 g/mol. The molecule has 1 aliphatic rings. The standard InChI is InChI=1S/C11H14FN3O3/c1-8-4-10(15(17)18)11(16)14(5-8)3-2-13-6-9(12)7-13/h4-5,9H,2-3,6-7H2,1H3. The van der Waals surface area contributed by atoms with E-state index >= 15 is 0 Å². The summed E-state index contributed by atoms with van der Waals surface area (Å²) in [6.45, 7) is 3.32. The lowest BCUT2D eigenvalue weighted by Gasteiger charge is -2.34. The highest BCUT2D eigenvalue weighted by Gasteiger charge is 2.25. The topological polar surface area (TPSA) is 68.4 Å². The molecule has 0 amide bonds. The molecule has 0 aromatic carbocycles. The second-order valence-corrected chi connectivity index (χ2v) is 4.52. The fourth-order valence-electron chi connectivity index (χ4n) is 2.00. The predicted molar refractivity (Wildman–Crippen MR) is 63.4 cm³/mol. The van der Waals surface area contributed by atoms with Crippen LogP contribution in [0.15, 0.2) is 17.1 Å². The number of nitro groups is 1. The highest BCUT2D eigenvalue weighted by molar-refractivity contribution is 5.30. The number of aromatic nitrogens is 1. The summed E-state index contributed by atoms with van der Waals surface area (Å²) >= 11 is 0. The minimum Gasteiger partial charge on any atom is -0.308 e. The number of halogens is 1. The van der Waals surface area contributed by atoms with Crippen molar-refractivity contribution in [2.45, 2.75) is 19.6 Å². The van der Waals surface area contributed by atoms with E-state index in [0.717, 1.165) is 0 Å². The van der Waals surface area contributed by atoms with Gasteiger partial charge in [0.05, 0.1) is 4.92 Å². The summed E-state index contributed by atoms with van der Waals surface area (Å²) in [5, 5.41) is 10.7. The van der Waals surface area contributed by atoms with Gasteiger partial charge in [-0.3, -0.25) is 19.8 Å². The highest BCUT2D eigenvalue weighted by Crippen LogP contribution is 2.11. The Morgan fingerprint density at radius 3 is 2.72 bits per heavy atom. The molecule has 2 heterocycles. The van der Waals surface area contributed by atoms with Crippen LogP contribution in [-0.2, 0) is 6.54 Å². The zero-order chi connectivity index (χ0) is 13.3. The largest absolute Gasteiger partial charge is 0.334 e. The smallest absolute Gasteiger partial charge is 0.308 e. The molecule has 0 bridgehead atoms. The van der Waals surface area contributed by atoms with E-state index in [-0.39, 0.29) is 0 Å². The summed E-state index contributed by atoms with van der Waals surface area (Å²) in [7, 11) is 0. The normalized spacial score (nSPS) is 16.6. The Bertz CT molecular complexity index is 523. The molecule has 0 unspecified atom stereocenters. The van der Waals surface area contributed by atoms with Crippen molar-refractivity contribution < 1.29 is 9.31 Å². The first kappa shape index (κ1) is 12.7. The van der Waals surface area contributed by atoms with E-state index in [9.17, 15) is 19.3 Å². The van der Waals surface area contributed by atoms with Gasteiger partial charge in [-0.15, -0.1) is 0 Å². The molecule has 0 radical (unpaired) electrons. The lowest BCUT2D eigenvalue weighted by molar-refractivity contribution is -0.386. The van der Waals surface area contributed by atoms with Crippen molar-refractivity contribution in [2.75, 3.05) is 19.6 Å². The average Bonchev–Trinajstić information content (AvgIpc) is 2.26. The molecule has 7 heteroatoms. The van der Waals surface area contributed by atoms with Crippen LogP contribution >= 0.6 is 0 Å². The van der Waals surface area contributed by atoms with Crippen molar-refractivity contribution in [3.8, 4) is 0 Å². The molecule has 0 aliphatic carbocycles. The molecule has 1 aromatic rings. The van der Waals surface area contributed by atoms with Crippen LogP contribution in [0, 0.1) is 17.0 Å². The first-order valence-electron chi connectivity index (χ1n) is 5.69. The third kappa shape index (κ3) is 2.56. The van der Waals surface area contributed by atoms with Gasteiger partial charge in [-0.05, 0) is 12.5 Å². The third-order valence-electron chi connectivity index (χ3n) is 2.97. The van der Waals surface area contributed by atoms with Crippen LogP contribution < -0.4 is 5.56 Å². The number of hydrogen-bond acceptors (Lipinski definition) is 4. The van der Waals surface area contributed by atoms with Crippen LogP contribution in [0.5, 0.6) is 0 Å². The minimum absolute atomic E-state index is 0.341. The van der Waals surface area contributed by atoms with E-state index in [1.54, 1.807) is 13.1 Å². The van der Waals surface area contributed by atoms with Gasteiger partial charge < -0.3 is 4.57 Å². The van der Waals surface area contributed by atoms with Crippen molar-refractivity contribution in [3.63, 3.8) is 0 Å². The Kier molecular flexibility index (Phi) is 3.42. The van der Waals surface area contributed by atoms with Gasteiger partial charge in [0.25, 0.3) is 0 Å². The lowest BCUT2D eigenvalue weighted by Crippen LogP contribution is -2.49. The number of rotatable bonds is 4. The minimum atomic E-state index is -0.784.